The zero-order valence-corrected chi connectivity index (χ0v) is 14.6. The summed E-state index contributed by atoms with van der Waals surface area (Å²) < 4.78 is 5.18. The van der Waals surface area contributed by atoms with Gasteiger partial charge < -0.3 is 14.5 Å². The lowest BCUT2D eigenvalue weighted by Crippen LogP contribution is -2.50. The molecule has 1 aliphatic heterocycles. The predicted octanol–water partition coefficient (Wildman–Crippen LogP) is 3.69. The Morgan fingerprint density at radius 3 is 2.43 bits per heavy atom. The molecular weight excluding hydrogens is 339 g/mol. The first-order valence-corrected chi connectivity index (χ1v) is 8.44. The SMILES string of the molecule is CCCCOC(=O)N1CCN(C(=O)c2cc(Cl)ccc2Cl)CC1. The average Bonchev–Trinajstić information content (AvgIpc) is 2.56. The summed E-state index contributed by atoms with van der Waals surface area (Å²) in [7, 11) is 0. The molecule has 1 aromatic rings. The smallest absolute Gasteiger partial charge is 0.409 e. The number of piperazine rings is 1. The van der Waals surface area contributed by atoms with Gasteiger partial charge in [-0.2, -0.15) is 0 Å². The van der Waals surface area contributed by atoms with E-state index in [1.807, 2.05) is 6.92 Å². The zero-order chi connectivity index (χ0) is 16.8. The summed E-state index contributed by atoms with van der Waals surface area (Å²) in [6, 6.07) is 4.82. The number of halogens is 2. The minimum atomic E-state index is -0.314. The third kappa shape index (κ3) is 4.75. The second-order valence-corrected chi connectivity index (χ2v) is 6.21. The normalized spacial score (nSPS) is 14.7. The standard InChI is InChI=1S/C16H20Cl2N2O3/c1-2-3-10-23-16(22)20-8-6-19(7-9-20)15(21)13-11-12(17)4-5-14(13)18/h4-5,11H,2-3,6-10H2,1H3. The van der Waals surface area contributed by atoms with E-state index >= 15 is 0 Å². The molecule has 7 heteroatoms. The maximum Gasteiger partial charge on any atom is 0.409 e. The molecule has 1 fully saturated rings. The van der Waals surface area contributed by atoms with Crippen LogP contribution in [0.15, 0.2) is 18.2 Å². The van der Waals surface area contributed by atoms with Crippen LogP contribution in [0.4, 0.5) is 4.79 Å². The van der Waals surface area contributed by atoms with Gasteiger partial charge in [0.15, 0.2) is 0 Å². The van der Waals surface area contributed by atoms with Gasteiger partial charge in [0.25, 0.3) is 5.91 Å². The molecule has 1 saturated heterocycles. The number of nitrogens with zero attached hydrogens (tertiary/aromatic N) is 2. The van der Waals surface area contributed by atoms with Crippen molar-refractivity contribution in [3.05, 3.63) is 33.8 Å². The van der Waals surface area contributed by atoms with E-state index in [4.69, 9.17) is 27.9 Å². The van der Waals surface area contributed by atoms with E-state index in [1.165, 1.54) is 0 Å². The molecule has 1 heterocycles. The monoisotopic (exact) mass is 358 g/mol. The van der Waals surface area contributed by atoms with Crippen LogP contribution in [-0.4, -0.2) is 54.6 Å². The van der Waals surface area contributed by atoms with E-state index in [0.717, 1.165) is 12.8 Å². The second kappa shape index (κ2) is 8.41. The van der Waals surface area contributed by atoms with Crippen molar-refractivity contribution in [3.8, 4) is 0 Å². The number of carbonyl (C=O) groups is 2. The van der Waals surface area contributed by atoms with Gasteiger partial charge in [-0.15, -0.1) is 0 Å². The number of unbranched alkanes of at least 4 members (excludes halogenated alkanes) is 1. The molecule has 1 aromatic carbocycles. The van der Waals surface area contributed by atoms with E-state index in [0.29, 0.717) is 48.4 Å². The third-order valence-electron chi connectivity index (χ3n) is 3.71. The number of hydrogen-bond acceptors (Lipinski definition) is 3. The zero-order valence-electron chi connectivity index (χ0n) is 13.1. The van der Waals surface area contributed by atoms with Gasteiger partial charge in [0.1, 0.15) is 0 Å². The Balaban J connectivity index is 1.90. The summed E-state index contributed by atoms with van der Waals surface area (Å²) in [5, 5.41) is 0.844. The van der Waals surface area contributed by atoms with Gasteiger partial charge in [-0.3, -0.25) is 4.79 Å². The molecule has 0 bridgehead atoms. The van der Waals surface area contributed by atoms with Crippen LogP contribution >= 0.6 is 23.2 Å². The highest BCUT2D eigenvalue weighted by Gasteiger charge is 2.26. The summed E-state index contributed by atoms with van der Waals surface area (Å²) >= 11 is 12.0. The Labute approximate surface area is 146 Å². The maximum absolute atomic E-state index is 12.5. The van der Waals surface area contributed by atoms with Crippen LogP contribution in [0.5, 0.6) is 0 Å². The first kappa shape index (κ1) is 17.9. The maximum atomic E-state index is 12.5. The molecule has 2 amide bonds. The van der Waals surface area contributed by atoms with Crippen molar-refractivity contribution >= 4 is 35.2 Å². The summed E-state index contributed by atoms with van der Waals surface area (Å²) in [6.07, 6.45) is 1.53. The molecular formula is C16H20Cl2N2O3. The molecule has 5 nitrogen and oxygen atoms in total. The van der Waals surface area contributed by atoms with Crippen molar-refractivity contribution in [2.24, 2.45) is 0 Å². The van der Waals surface area contributed by atoms with Gasteiger partial charge in [0.05, 0.1) is 17.2 Å². The van der Waals surface area contributed by atoms with E-state index in [2.05, 4.69) is 0 Å². The van der Waals surface area contributed by atoms with Gasteiger partial charge in [-0.25, -0.2) is 4.79 Å². The highest BCUT2D eigenvalue weighted by atomic mass is 35.5. The lowest BCUT2D eigenvalue weighted by Gasteiger charge is -2.34. The first-order valence-electron chi connectivity index (χ1n) is 7.69. The number of rotatable bonds is 4. The molecule has 0 atom stereocenters. The molecule has 0 radical (unpaired) electrons. The number of ether oxygens (including phenoxy) is 1. The lowest BCUT2D eigenvalue weighted by atomic mass is 10.2. The number of carbonyl (C=O) groups excluding carboxylic acids is 2. The second-order valence-electron chi connectivity index (χ2n) is 5.37. The van der Waals surface area contributed by atoms with Crippen LogP contribution in [0.2, 0.25) is 10.0 Å². The molecule has 0 aliphatic carbocycles. The molecule has 126 valence electrons. The molecule has 0 unspecified atom stereocenters. The Kier molecular flexibility index (Phi) is 6.54. The van der Waals surface area contributed by atoms with E-state index in [1.54, 1.807) is 28.0 Å². The lowest BCUT2D eigenvalue weighted by molar-refractivity contribution is 0.0558. The number of benzene rings is 1. The average molecular weight is 359 g/mol. The van der Waals surface area contributed by atoms with E-state index < -0.39 is 0 Å². The van der Waals surface area contributed by atoms with Crippen LogP contribution in [-0.2, 0) is 4.74 Å². The highest BCUT2D eigenvalue weighted by Crippen LogP contribution is 2.22. The molecule has 0 spiro atoms. The fraction of sp³-hybridized carbons (Fsp3) is 0.500. The Bertz CT molecular complexity index is 572. The van der Waals surface area contributed by atoms with Crippen LogP contribution in [0.1, 0.15) is 30.1 Å². The topological polar surface area (TPSA) is 49.9 Å². The molecule has 2 rings (SSSR count). The van der Waals surface area contributed by atoms with E-state index in [-0.39, 0.29) is 12.0 Å². The van der Waals surface area contributed by atoms with Gasteiger partial charge in [-0.1, -0.05) is 36.5 Å². The summed E-state index contributed by atoms with van der Waals surface area (Å²) in [6.45, 7) is 4.28. The minimum Gasteiger partial charge on any atom is -0.449 e. The fourth-order valence-electron chi connectivity index (χ4n) is 2.32. The van der Waals surface area contributed by atoms with Crippen molar-refractivity contribution in [1.29, 1.82) is 0 Å². The predicted molar refractivity (Wildman–Crippen MR) is 90.2 cm³/mol. The van der Waals surface area contributed by atoms with Gasteiger partial charge >= 0.3 is 6.09 Å². The highest BCUT2D eigenvalue weighted by molar-refractivity contribution is 6.35. The molecule has 23 heavy (non-hydrogen) atoms. The van der Waals surface area contributed by atoms with Gasteiger partial charge in [0, 0.05) is 31.2 Å². The van der Waals surface area contributed by atoms with Gasteiger partial charge in [0.2, 0.25) is 0 Å². The number of amides is 2. The minimum absolute atomic E-state index is 0.170. The fourth-order valence-corrected chi connectivity index (χ4v) is 2.69. The Morgan fingerprint density at radius 1 is 1.13 bits per heavy atom. The van der Waals surface area contributed by atoms with Crippen molar-refractivity contribution in [2.45, 2.75) is 19.8 Å². The summed E-state index contributed by atoms with van der Waals surface area (Å²) in [4.78, 5) is 27.7. The van der Waals surface area contributed by atoms with Gasteiger partial charge in [-0.05, 0) is 24.6 Å². The summed E-state index contributed by atoms with van der Waals surface area (Å²) in [5.41, 5.74) is 0.387. The van der Waals surface area contributed by atoms with Crippen molar-refractivity contribution < 1.29 is 14.3 Å². The quantitative estimate of drug-likeness (QED) is 0.771. The first-order chi connectivity index (χ1) is 11.0. The Hall–Kier alpha value is -1.46. The van der Waals surface area contributed by atoms with Crippen LogP contribution in [0.3, 0.4) is 0 Å². The van der Waals surface area contributed by atoms with Crippen LogP contribution in [0, 0.1) is 0 Å². The molecule has 0 aromatic heterocycles. The van der Waals surface area contributed by atoms with Crippen LogP contribution < -0.4 is 0 Å². The van der Waals surface area contributed by atoms with Crippen LogP contribution in [0.25, 0.3) is 0 Å². The molecule has 0 saturated carbocycles. The van der Waals surface area contributed by atoms with Crippen molar-refractivity contribution in [1.82, 2.24) is 9.80 Å². The molecule has 0 N–H and O–H groups in total. The largest absolute Gasteiger partial charge is 0.449 e. The van der Waals surface area contributed by atoms with E-state index in [9.17, 15) is 9.59 Å². The molecule has 1 aliphatic rings. The van der Waals surface area contributed by atoms with Crippen molar-refractivity contribution in [3.63, 3.8) is 0 Å². The van der Waals surface area contributed by atoms with Crippen molar-refractivity contribution in [2.75, 3.05) is 32.8 Å². The third-order valence-corrected chi connectivity index (χ3v) is 4.27. The number of hydrogen-bond donors (Lipinski definition) is 0. The Morgan fingerprint density at radius 2 is 1.78 bits per heavy atom. The summed E-state index contributed by atoms with van der Waals surface area (Å²) in [5.74, 6) is -0.170.